The lowest BCUT2D eigenvalue weighted by atomic mass is 9.85. The summed E-state index contributed by atoms with van der Waals surface area (Å²) in [7, 11) is 0. The Morgan fingerprint density at radius 3 is 2.96 bits per heavy atom. The van der Waals surface area contributed by atoms with Crippen LogP contribution in [-0.4, -0.2) is 49.6 Å². The Bertz CT molecular complexity index is 721. The topological polar surface area (TPSA) is 115 Å². The number of tetrazole rings is 1. The van der Waals surface area contributed by atoms with Crippen LogP contribution in [0.2, 0.25) is 0 Å². The maximum atomic E-state index is 12.1. The fourth-order valence-corrected chi connectivity index (χ4v) is 3.43. The number of carbonyl (C=O) groups is 2. The summed E-state index contributed by atoms with van der Waals surface area (Å²) in [5.41, 5.74) is 1.07. The summed E-state index contributed by atoms with van der Waals surface area (Å²) >= 11 is 0. The number of hydrogen-bond acceptors (Lipinski definition) is 6. The monoisotopic (exact) mass is 371 g/mol. The Labute approximate surface area is 157 Å². The van der Waals surface area contributed by atoms with E-state index in [1.165, 1.54) is 11.0 Å². The first-order valence-electron chi connectivity index (χ1n) is 9.35. The van der Waals surface area contributed by atoms with Gasteiger partial charge in [-0.3, -0.25) is 14.6 Å². The second-order valence-electron chi connectivity index (χ2n) is 6.97. The quantitative estimate of drug-likeness (QED) is 0.698. The minimum atomic E-state index is -0.0894. The number of nitrogens with one attached hydrogen (secondary N) is 2. The fraction of sp³-hybridized carbons (Fsp3) is 0.556. The zero-order valence-corrected chi connectivity index (χ0v) is 15.3. The molecule has 3 rings (SSSR count). The smallest absolute Gasteiger partial charge is 0.242 e. The van der Waals surface area contributed by atoms with E-state index in [-0.39, 0.29) is 24.4 Å². The Balaban J connectivity index is 1.35. The molecule has 2 aromatic heterocycles. The number of aryl methyl sites for hydroxylation is 1. The molecule has 27 heavy (non-hydrogen) atoms. The van der Waals surface area contributed by atoms with E-state index >= 15 is 0 Å². The van der Waals surface area contributed by atoms with E-state index in [0.29, 0.717) is 25.3 Å². The predicted octanol–water partition coefficient (Wildman–Crippen LogP) is 0.492. The highest BCUT2D eigenvalue weighted by Gasteiger charge is 2.23. The average Bonchev–Trinajstić information content (AvgIpc) is 3.18. The van der Waals surface area contributed by atoms with E-state index in [9.17, 15) is 9.59 Å². The van der Waals surface area contributed by atoms with Crippen LogP contribution in [0.5, 0.6) is 0 Å². The van der Waals surface area contributed by atoms with Gasteiger partial charge < -0.3 is 10.6 Å². The molecule has 2 heterocycles. The molecule has 2 aromatic rings. The normalized spacial score (nSPS) is 19.4. The van der Waals surface area contributed by atoms with E-state index in [1.54, 1.807) is 12.4 Å². The van der Waals surface area contributed by atoms with Gasteiger partial charge in [-0.2, -0.15) is 0 Å². The van der Waals surface area contributed by atoms with E-state index in [2.05, 4.69) is 31.1 Å². The molecule has 1 aliphatic carbocycles. The third kappa shape index (κ3) is 6.43. The number of amides is 2. The molecule has 2 atom stereocenters. The highest BCUT2D eigenvalue weighted by Crippen LogP contribution is 2.23. The van der Waals surface area contributed by atoms with Gasteiger partial charge in [0.1, 0.15) is 12.9 Å². The van der Waals surface area contributed by atoms with Crippen LogP contribution in [0, 0.1) is 5.92 Å². The van der Waals surface area contributed by atoms with Crippen LogP contribution in [0.1, 0.15) is 37.7 Å². The standard InChI is InChI=1S/C18H25N7O2/c26-17(7-6-14-4-2-8-19-10-14)20-11-15-3-1-5-16(9-15)22-18(27)12-25-13-21-23-24-25/h2,4,8,10,13,15-16H,1,3,5-7,9,11-12H2,(H,20,26)(H,22,27)/t15-,16+/m1/s1. The van der Waals surface area contributed by atoms with Gasteiger partial charge >= 0.3 is 0 Å². The van der Waals surface area contributed by atoms with Gasteiger partial charge in [0.05, 0.1) is 0 Å². The molecule has 1 fully saturated rings. The summed E-state index contributed by atoms with van der Waals surface area (Å²) in [4.78, 5) is 28.2. The molecule has 0 bridgehead atoms. The van der Waals surface area contributed by atoms with Gasteiger partial charge in [-0.15, -0.1) is 5.10 Å². The maximum Gasteiger partial charge on any atom is 0.242 e. The van der Waals surface area contributed by atoms with Gasteiger partial charge in [0.15, 0.2) is 0 Å². The Kier molecular flexibility index (Phi) is 6.84. The molecule has 1 saturated carbocycles. The van der Waals surface area contributed by atoms with E-state index < -0.39 is 0 Å². The van der Waals surface area contributed by atoms with Gasteiger partial charge in [-0.25, -0.2) is 4.68 Å². The number of aromatic nitrogens is 5. The highest BCUT2D eigenvalue weighted by molar-refractivity contribution is 5.76. The van der Waals surface area contributed by atoms with Crippen molar-refractivity contribution in [3.05, 3.63) is 36.4 Å². The maximum absolute atomic E-state index is 12.1. The summed E-state index contributed by atoms with van der Waals surface area (Å²) < 4.78 is 1.40. The van der Waals surface area contributed by atoms with Crippen molar-refractivity contribution >= 4 is 11.8 Å². The lowest BCUT2D eigenvalue weighted by Crippen LogP contribution is -2.42. The molecular weight excluding hydrogens is 346 g/mol. The fourth-order valence-electron chi connectivity index (χ4n) is 3.43. The van der Waals surface area contributed by atoms with Crippen molar-refractivity contribution in [2.45, 2.75) is 51.1 Å². The van der Waals surface area contributed by atoms with Crippen molar-refractivity contribution in [1.82, 2.24) is 35.8 Å². The molecule has 2 amide bonds. The van der Waals surface area contributed by atoms with Crippen LogP contribution >= 0.6 is 0 Å². The van der Waals surface area contributed by atoms with Gasteiger partial charge in [-0.05, 0) is 53.7 Å². The lowest BCUT2D eigenvalue weighted by Gasteiger charge is -2.30. The first-order valence-corrected chi connectivity index (χ1v) is 9.35. The Morgan fingerprint density at radius 2 is 2.19 bits per heavy atom. The molecule has 0 aromatic carbocycles. The molecule has 2 N–H and O–H groups in total. The number of rotatable bonds is 8. The van der Waals surface area contributed by atoms with E-state index in [0.717, 1.165) is 31.2 Å². The largest absolute Gasteiger partial charge is 0.356 e. The number of nitrogens with zero attached hydrogens (tertiary/aromatic N) is 5. The van der Waals surface area contributed by atoms with Crippen molar-refractivity contribution in [2.24, 2.45) is 5.92 Å². The predicted molar refractivity (Wildman–Crippen MR) is 97.3 cm³/mol. The first-order chi connectivity index (χ1) is 13.2. The summed E-state index contributed by atoms with van der Waals surface area (Å²) in [5.74, 6) is 0.358. The summed E-state index contributed by atoms with van der Waals surface area (Å²) in [6.45, 7) is 0.782. The van der Waals surface area contributed by atoms with Gasteiger partial charge in [0.25, 0.3) is 0 Å². The molecule has 0 aliphatic heterocycles. The van der Waals surface area contributed by atoms with Crippen molar-refractivity contribution in [3.8, 4) is 0 Å². The molecule has 9 nitrogen and oxygen atoms in total. The molecule has 0 saturated heterocycles. The third-order valence-electron chi connectivity index (χ3n) is 4.80. The SMILES string of the molecule is O=C(CCc1cccnc1)NC[C@@H]1CCC[C@H](NC(=O)Cn2cnnn2)C1. The van der Waals surface area contributed by atoms with Crippen LogP contribution in [0.3, 0.4) is 0 Å². The van der Waals surface area contributed by atoms with Gasteiger partial charge in [0.2, 0.25) is 11.8 Å². The lowest BCUT2D eigenvalue weighted by molar-refractivity contribution is -0.123. The molecule has 1 aliphatic rings. The van der Waals surface area contributed by atoms with E-state index in [4.69, 9.17) is 0 Å². The summed E-state index contributed by atoms with van der Waals surface area (Å²) in [6.07, 6.45) is 10.1. The average molecular weight is 371 g/mol. The van der Waals surface area contributed by atoms with Crippen molar-refractivity contribution in [1.29, 1.82) is 0 Å². The number of carbonyl (C=O) groups excluding carboxylic acids is 2. The van der Waals surface area contributed by atoms with Crippen LogP contribution in [0.25, 0.3) is 0 Å². The first kappa shape index (κ1) is 18.9. The van der Waals surface area contributed by atoms with Gasteiger partial charge in [0, 0.05) is 31.4 Å². The molecule has 0 unspecified atom stereocenters. The molecule has 0 spiro atoms. The van der Waals surface area contributed by atoms with Gasteiger partial charge in [-0.1, -0.05) is 12.5 Å². The molecule has 144 valence electrons. The van der Waals surface area contributed by atoms with Crippen molar-refractivity contribution < 1.29 is 9.59 Å². The van der Waals surface area contributed by atoms with Crippen LogP contribution < -0.4 is 10.6 Å². The second kappa shape index (κ2) is 9.75. The van der Waals surface area contributed by atoms with Crippen molar-refractivity contribution in [3.63, 3.8) is 0 Å². The van der Waals surface area contributed by atoms with Crippen LogP contribution in [0.15, 0.2) is 30.9 Å². The Hall–Kier alpha value is -2.84. The zero-order valence-electron chi connectivity index (χ0n) is 15.3. The Morgan fingerprint density at radius 1 is 1.26 bits per heavy atom. The molecule has 9 heteroatoms. The summed E-state index contributed by atoms with van der Waals surface area (Å²) in [6, 6.07) is 3.99. The summed E-state index contributed by atoms with van der Waals surface area (Å²) in [5, 5.41) is 16.8. The van der Waals surface area contributed by atoms with Crippen molar-refractivity contribution in [2.75, 3.05) is 6.54 Å². The minimum Gasteiger partial charge on any atom is -0.356 e. The van der Waals surface area contributed by atoms with Crippen LogP contribution in [-0.2, 0) is 22.6 Å². The number of pyridine rings is 1. The highest BCUT2D eigenvalue weighted by atomic mass is 16.2. The van der Waals surface area contributed by atoms with E-state index in [1.807, 2.05) is 12.1 Å². The minimum absolute atomic E-state index is 0.0590. The number of hydrogen-bond donors (Lipinski definition) is 2. The zero-order chi connectivity index (χ0) is 18.9. The molecule has 0 radical (unpaired) electrons. The third-order valence-corrected chi connectivity index (χ3v) is 4.80. The molecular formula is C18H25N7O2. The van der Waals surface area contributed by atoms with Crippen LogP contribution in [0.4, 0.5) is 0 Å². The second-order valence-corrected chi connectivity index (χ2v) is 6.97.